The highest BCUT2D eigenvalue weighted by atomic mass is 79.9. The Bertz CT molecular complexity index is 803. The fraction of sp³-hybridized carbons (Fsp3) is 0.0909. The minimum absolute atomic E-state index is 0.270. The van der Waals surface area contributed by atoms with Crippen molar-refractivity contribution in [2.45, 2.75) is 5.16 Å². The van der Waals surface area contributed by atoms with E-state index < -0.39 is 0 Å². The molecule has 2 N–H and O–H groups in total. The molecule has 102 valence electrons. The summed E-state index contributed by atoms with van der Waals surface area (Å²) < 4.78 is 3.30. The molecule has 0 fully saturated rings. The average Bonchev–Trinajstić information content (AvgIpc) is 2.82. The van der Waals surface area contributed by atoms with Gasteiger partial charge in [0.2, 0.25) is 5.95 Å². The lowest BCUT2D eigenvalue weighted by molar-refractivity contribution is 0.851. The normalized spacial score (nSPS) is 11.2. The highest BCUT2D eigenvalue weighted by Gasteiger charge is 2.14. The maximum absolute atomic E-state index is 5.86. The van der Waals surface area contributed by atoms with E-state index in [0.29, 0.717) is 16.8 Å². The molecule has 9 heteroatoms. The van der Waals surface area contributed by atoms with Gasteiger partial charge in [0.15, 0.2) is 11.0 Å². The van der Waals surface area contributed by atoms with Crippen molar-refractivity contribution in [3.05, 3.63) is 27.1 Å². The summed E-state index contributed by atoms with van der Waals surface area (Å²) in [6, 6.07) is 5.78. The van der Waals surface area contributed by atoms with E-state index in [4.69, 9.17) is 5.73 Å². The zero-order valence-corrected chi connectivity index (χ0v) is 14.2. The SMILES string of the molecule is CSc1nc(N)n2nc(-c3ccc(Br)cc3Br)nc2n1. The molecule has 0 aliphatic carbocycles. The predicted octanol–water partition coefficient (Wildman–Crippen LogP) is 3.02. The molecule has 0 unspecified atom stereocenters. The van der Waals surface area contributed by atoms with Crippen LogP contribution >= 0.6 is 43.6 Å². The number of nitrogen functional groups attached to an aromatic ring is 1. The highest BCUT2D eigenvalue weighted by Crippen LogP contribution is 2.29. The summed E-state index contributed by atoms with van der Waals surface area (Å²) in [5, 5.41) is 4.92. The first kappa shape index (κ1) is 13.8. The molecule has 0 bridgehead atoms. The number of thioether (sulfide) groups is 1. The van der Waals surface area contributed by atoms with Gasteiger partial charge in [0.1, 0.15) is 0 Å². The maximum atomic E-state index is 5.86. The zero-order valence-electron chi connectivity index (χ0n) is 10.2. The number of halogens is 2. The molecule has 0 radical (unpaired) electrons. The van der Waals surface area contributed by atoms with Crippen LogP contribution < -0.4 is 5.73 Å². The second-order valence-electron chi connectivity index (χ2n) is 3.84. The van der Waals surface area contributed by atoms with E-state index in [1.165, 1.54) is 16.3 Å². The number of benzene rings is 1. The molecule has 6 nitrogen and oxygen atoms in total. The van der Waals surface area contributed by atoms with Crippen molar-refractivity contribution in [2.75, 3.05) is 12.0 Å². The standard InChI is InChI=1S/C11H8Br2N6S/c1-20-11-16-9(14)19-10(17-11)15-8(18-19)6-3-2-5(12)4-7(6)13/h2-4H,1H3,(H2,14,15,16,17,18). The molecule has 3 aromatic rings. The molecule has 0 atom stereocenters. The highest BCUT2D eigenvalue weighted by molar-refractivity contribution is 9.11. The van der Waals surface area contributed by atoms with Crippen LogP contribution in [-0.4, -0.2) is 30.8 Å². The fourth-order valence-electron chi connectivity index (χ4n) is 1.66. The molecule has 0 spiro atoms. The lowest BCUT2D eigenvalue weighted by Gasteiger charge is -1.99. The van der Waals surface area contributed by atoms with Gasteiger partial charge in [-0.3, -0.25) is 0 Å². The van der Waals surface area contributed by atoms with Crippen LogP contribution in [0.3, 0.4) is 0 Å². The molecule has 2 heterocycles. The third-order valence-electron chi connectivity index (χ3n) is 2.57. The van der Waals surface area contributed by atoms with Crippen LogP contribution in [0.15, 0.2) is 32.3 Å². The lowest BCUT2D eigenvalue weighted by atomic mass is 10.2. The molecule has 0 aliphatic rings. The van der Waals surface area contributed by atoms with Gasteiger partial charge < -0.3 is 5.73 Å². The summed E-state index contributed by atoms with van der Waals surface area (Å²) in [4.78, 5) is 12.8. The van der Waals surface area contributed by atoms with Crippen LogP contribution in [0.25, 0.3) is 17.2 Å². The molecular formula is C11H8Br2N6S. The zero-order chi connectivity index (χ0) is 14.3. The summed E-state index contributed by atoms with van der Waals surface area (Å²) in [7, 11) is 0. The van der Waals surface area contributed by atoms with Gasteiger partial charge in [-0.15, -0.1) is 5.10 Å². The van der Waals surface area contributed by atoms with E-state index in [9.17, 15) is 0 Å². The van der Waals surface area contributed by atoms with Crippen molar-refractivity contribution in [1.82, 2.24) is 24.6 Å². The first-order chi connectivity index (χ1) is 9.58. The number of hydrogen-bond donors (Lipinski definition) is 1. The summed E-state index contributed by atoms with van der Waals surface area (Å²) in [5.41, 5.74) is 6.73. The van der Waals surface area contributed by atoms with Crippen LogP contribution in [0.4, 0.5) is 5.95 Å². The molecular weight excluding hydrogens is 408 g/mol. The van der Waals surface area contributed by atoms with Gasteiger partial charge in [-0.2, -0.15) is 19.5 Å². The Balaban J connectivity index is 2.20. The van der Waals surface area contributed by atoms with E-state index in [0.717, 1.165) is 14.5 Å². The van der Waals surface area contributed by atoms with Crippen LogP contribution in [0.1, 0.15) is 0 Å². The first-order valence-corrected chi connectivity index (χ1v) is 8.29. The Labute approximate surface area is 135 Å². The van der Waals surface area contributed by atoms with Crippen molar-refractivity contribution in [3.8, 4) is 11.4 Å². The van der Waals surface area contributed by atoms with Gasteiger partial charge in [-0.25, -0.2) is 0 Å². The average molecular weight is 416 g/mol. The largest absolute Gasteiger partial charge is 0.368 e. The molecule has 20 heavy (non-hydrogen) atoms. The van der Waals surface area contributed by atoms with E-state index in [1.54, 1.807) is 0 Å². The fourth-order valence-corrected chi connectivity index (χ4v) is 3.24. The van der Waals surface area contributed by atoms with Gasteiger partial charge in [0.25, 0.3) is 5.78 Å². The maximum Gasteiger partial charge on any atom is 0.258 e. The molecule has 0 aliphatic heterocycles. The second kappa shape index (κ2) is 5.30. The molecule has 3 rings (SSSR count). The number of anilines is 1. The van der Waals surface area contributed by atoms with E-state index in [2.05, 4.69) is 51.9 Å². The van der Waals surface area contributed by atoms with Crippen molar-refractivity contribution in [1.29, 1.82) is 0 Å². The van der Waals surface area contributed by atoms with Gasteiger partial charge >= 0.3 is 0 Å². The number of aromatic nitrogens is 5. The summed E-state index contributed by atoms with van der Waals surface area (Å²) in [6.45, 7) is 0. The van der Waals surface area contributed by atoms with Gasteiger partial charge in [-0.1, -0.05) is 27.7 Å². The lowest BCUT2D eigenvalue weighted by Crippen LogP contribution is -2.04. The van der Waals surface area contributed by atoms with Crippen LogP contribution in [0.2, 0.25) is 0 Å². The Morgan fingerprint density at radius 1 is 1.20 bits per heavy atom. The van der Waals surface area contributed by atoms with Gasteiger partial charge in [-0.05, 0) is 40.4 Å². The van der Waals surface area contributed by atoms with E-state index >= 15 is 0 Å². The quantitative estimate of drug-likeness (QED) is 0.647. The minimum Gasteiger partial charge on any atom is -0.368 e. The minimum atomic E-state index is 0.270. The third-order valence-corrected chi connectivity index (χ3v) is 4.26. The monoisotopic (exact) mass is 414 g/mol. The Hall–Kier alpha value is -1.19. The van der Waals surface area contributed by atoms with E-state index in [1.807, 2.05) is 24.5 Å². The number of fused-ring (bicyclic) bond motifs is 1. The first-order valence-electron chi connectivity index (χ1n) is 5.48. The van der Waals surface area contributed by atoms with Crippen molar-refractivity contribution in [3.63, 3.8) is 0 Å². The summed E-state index contributed by atoms with van der Waals surface area (Å²) >= 11 is 8.32. The topological polar surface area (TPSA) is 82.0 Å². The van der Waals surface area contributed by atoms with Crippen LogP contribution in [-0.2, 0) is 0 Å². The number of nitrogens with two attached hydrogens (primary N) is 1. The Morgan fingerprint density at radius 2 is 2.00 bits per heavy atom. The smallest absolute Gasteiger partial charge is 0.258 e. The molecule has 0 amide bonds. The third kappa shape index (κ3) is 2.40. The second-order valence-corrected chi connectivity index (χ2v) is 6.38. The number of rotatable bonds is 2. The predicted molar refractivity (Wildman–Crippen MR) is 85.6 cm³/mol. The van der Waals surface area contributed by atoms with E-state index in [-0.39, 0.29) is 5.95 Å². The Kier molecular flexibility index (Phi) is 3.65. The molecule has 2 aromatic heterocycles. The molecule has 0 saturated carbocycles. The Morgan fingerprint density at radius 3 is 2.70 bits per heavy atom. The van der Waals surface area contributed by atoms with Crippen LogP contribution in [0, 0.1) is 0 Å². The number of nitrogens with zero attached hydrogens (tertiary/aromatic N) is 5. The van der Waals surface area contributed by atoms with Gasteiger partial charge in [0.05, 0.1) is 0 Å². The van der Waals surface area contributed by atoms with Crippen molar-refractivity contribution in [2.24, 2.45) is 0 Å². The van der Waals surface area contributed by atoms with Crippen LogP contribution in [0.5, 0.6) is 0 Å². The summed E-state index contributed by atoms with van der Waals surface area (Å²) in [6.07, 6.45) is 1.88. The van der Waals surface area contributed by atoms with Gasteiger partial charge in [0, 0.05) is 14.5 Å². The van der Waals surface area contributed by atoms with Crippen molar-refractivity contribution < 1.29 is 0 Å². The number of hydrogen-bond acceptors (Lipinski definition) is 6. The molecule has 1 aromatic carbocycles. The summed E-state index contributed by atoms with van der Waals surface area (Å²) in [5.74, 6) is 1.25. The molecule has 0 saturated heterocycles. The van der Waals surface area contributed by atoms with Crippen molar-refractivity contribution >= 4 is 55.3 Å².